The molecule has 0 heterocycles. The quantitative estimate of drug-likeness (QED) is 0.732. The molecule has 1 aromatic carbocycles. The first kappa shape index (κ1) is 13.2. The van der Waals surface area contributed by atoms with Crippen molar-refractivity contribution in [1.82, 2.24) is 5.32 Å². The fourth-order valence-electron chi connectivity index (χ4n) is 2.28. The highest BCUT2D eigenvalue weighted by atomic mass is 35.5. The Hall–Kier alpha value is -1.26. The molecule has 1 saturated carbocycles. The molecule has 98 valence electrons. The Morgan fingerprint density at radius 2 is 2.28 bits per heavy atom. The van der Waals surface area contributed by atoms with Crippen molar-refractivity contribution in [2.45, 2.75) is 25.4 Å². The fraction of sp³-hybridized carbons (Fsp3) is 0.462. The van der Waals surface area contributed by atoms with Crippen LogP contribution in [0.15, 0.2) is 18.2 Å². The molecule has 0 aliphatic heterocycles. The number of carbonyl (C=O) groups excluding carboxylic acids is 1. The average molecular weight is 269 g/mol. The zero-order valence-corrected chi connectivity index (χ0v) is 10.8. The lowest BCUT2D eigenvalue weighted by Crippen LogP contribution is -2.28. The number of aliphatic hydroxyl groups is 1. The van der Waals surface area contributed by atoms with Crippen LogP contribution in [-0.4, -0.2) is 23.7 Å². The predicted octanol–water partition coefficient (Wildman–Crippen LogP) is 1.81. The molecule has 1 fully saturated rings. The number of aliphatic hydroxyl groups excluding tert-OH is 1. The maximum absolute atomic E-state index is 11.9. The van der Waals surface area contributed by atoms with Gasteiger partial charge >= 0.3 is 0 Å². The molecule has 0 spiro atoms. The highest BCUT2D eigenvalue weighted by molar-refractivity contribution is 6.34. The van der Waals surface area contributed by atoms with Gasteiger partial charge in [0.2, 0.25) is 0 Å². The molecule has 1 aromatic rings. The van der Waals surface area contributed by atoms with Gasteiger partial charge in [-0.25, -0.2) is 0 Å². The molecule has 2 rings (SSSR count). The number of halogens is 1. The first-order chi connectivity index (χ1) is 8.56. The first-order valence-corrected chi connectivity index (χ1v) is 6.45. The average Bonchev–Trinajstić information content (AvgIpc) is 2.72. The third-order valence-electron chi connectivity index (χ3n) is 3.30. The highest BCUT2D eigenvalue weighted by Crippen LogP contribution is 2.25. The number of nitrogen functional groups attached to an aromatic ring is 1. The van der Waals surface area contributed by atoms with Gasteiger partial charge in [0.05, 0.1) is 16.7 Å². The van der Waals surface area contributed by atoms with Crippen LogP contribution >= 0.6 is 11.6 Å². The second-order valence-electron chi connectivity index (χ2n) is 4.78. The van der Waals surface area contributed by atoms with Crippen LogP contribution in [0.3, 0.4) is 0 Å². The second-order valence-corrected chi connectivity index (χ2v) is 5.19. The number of carbonyl (C=O) groups is 1. The van der Waals surface area contributed by atoms with Gasteiger partial charge in [-0.3, -0.25) is 4.79 Å². The van der Waals surface area contributed by atoms with Crippen molar-refractivity contribution in [2.75, 3.05) is 12.3 Å². The maximum Gasteiger partial charge on any atom is 0.252 e. The van der Waals surface area contributed by atoms with Gasteiger partial charge in [-0.05, 0) is 43.4 Å². The Morgan fingerprint density at radius 3 is 2.89 bits per heavy atom. The van der Waals surface area contributed by atoms with Gasteiger partial charge in [0.1, 0.15) is 0 Å². The third-order valence-corrected chi connectivity index (χ3v) is 3.62. The smallest absolute Gasteiger partial charge is 0.252 e. The van der Waals surface area contributed by atoms with E-state index in [1.54, 1.807) is 18.2 Å². The van der Waals surface area contributed by atoms with E-state index in [0.29, 0.717) is 28.7 Å². The second kappa shape index (κ2) is 5.59. The molecular formula is C13H17ClN2O2. The molecule has 1 aliphatic rings. The Balaban J connectivity index is 1.91. The van der Waals surface area contributed by atoms with Crippen molar-refractivity contribution >= 4 is 23.2 Å². The Kier molecular flexibility index (Phi) is 4.09. The van der Waals surface area contributed by atoms with E-state index in [2.05, 4.69) is 5.32 Å². The lowest BCUT2D eigenvalue weighted by Gasteiger charge is -2.11. The summed E-state index contributed by atoms with van der Waals surface area (Å²) >= 11 is 5.96. The Morgan fingerprint density at radius 1 is 1.50 bits per heavy atom. The highest BCUT2D eigenvalue weighted by Gasteiger charge is 2.23. The van der Waals surface area contributed by atoms with Crippen molar-refractivity contribution in [1.29, 1.82) is 0 Å². The molecule has 0 saturated heterocycles. The normalized spacial score (nSPS) is 23.0. The summed E-state index contributed by atoms with van der Waals surface area (Å²) in [5.74, 6) is 0.165. The van der Waals surface area contributed by atoms with E-state index in [-0.39, 0.29) is 12.0 Å². The van der Waals surface area contributed by atoms with Crippen LogP contribution in [-0.2, 0) is 0 Å². The number of benzene rings is 1. The van der Waals surface area contributed by atoms with E-state index >= 15 is 0 Å². The van der Waals surface area contributed by atoms with Crippen LogP contribution < -0.4 is 11.1 Å². The van der Waals surface area contributed by atoms with Gasteiger partial charge in [-0.15, -0.1) is 0 Å². The van der Waals surface area contributed by atoms with Crippen LogP contribution in [0, 0.1) is 5.92 Å². The van der Waals surface area contributed by atoms with Crippen molar-refractivity contribution in [3.05, 3.63) is 28.8 Å². The number of hydrogen-bond acceptors (Lipinski definition) is 3. The van der Waals surface area contributed by atoms with Gasteiger partial charge in [-0.2, -0.15) is 0 Å². The predicted molar refractivity (Wildman–Crippen MR) is 71.5 cm³/mol. The topological polar surface area (TPSA) is 75.4 Å². The number of nitrogens with one attached hydrogen (secondary N) is 1. The van der Waals surface area contributed by atoms with E-state index in [4.69, 9.17) is 17.3 Å². The molecule has 1 amide bonds. The maximum atomic E-state index is 11.9. The molecular weight excluding hydrogens is 252 g/mol. The fourth-order valence-corrected chi connectivity index (χ4v) is 2.56. The van der Waals surface area contributed by atoms with Crippen molar-refractivity contribution in [3.8, 4) is 0 Å². The van der Waals surface area contributed by atoms with E-state index in [0.717, 1.165) is 19.3 Å². The van der Waals surface area contributed by atoms with Crippen molar-refractivity contribution < 1.29 is 9.90 Å². The summed E-state index contributed by atoms with van der Waals surface area (Å²) in [6.45, 7) is 0.580. The molecule has 4 N–H and O–H groups in total. The summed E-state index contributed by atoms with van der Waals surface area (Å²) in [7, 11) is 0. The number of nitrogens with two attached hydrogens (primary N) is 1. The summed E-state index contributed by atoms with van der Waals surface area (Å²) in [6.07, 6.45) is 2.32. The first-order valence-electron chi connectivity index (χ1n) is 6.07. The SMILES string of the molecule is Nc1ccc(C(=O)NCC2CCC(O)C2)c(Cl)c1. The Bertz CT molecular complexity index is 451. The summed E-state index contributed by atoms with van der Waals surface area (Å²) in [4.78, 5) is 11.9. The van der Waals surface area contributed by atoms with Crippen LogP contribution in [0.25, 0.3) is 0 Å². The monoisotopic (exact) mass is 268 g/mol. The number of amides is 1. The molecule has 0 radical (unpaired) electrons. The number of rotatable bonds is 3. The van der Waals surface area contributed by atoms with Crippen LogP contribution in [0.4, 0.5) is 5.69 Å². The van der Waals surface area contributed by atoms with Crippen molar-refractivity contribution in [3.63, 3.8) is 0 Å². The number of anilines is 1. The van der Waals surface area contributed by atoms with Gasteiger partial charge < -0.3 is 16.2 Å². The van der Waals surface area contributed by atoms with Gasteiger partial charge in [-0.1, -0.05) is 11.6 Å². The van der Waals surface area contributed by atoms with E-state index in [1.165, 1.54) is 0 Å². The van der Waals surface area contributed by atoms with Gasteiger partial charge in [0.15, 0.2) is 0 Å². The summed E-state index contributed by atoms with van der Waals surface area (Å²) in [5, 5.41) is 12.6. The third kappa shape index (κ3) is 3.15. The minimum atomic E-state index is -0.216. The standard InChI is InChI=1S/C13H17ClN2O2/c14-12-6-9(15)2-4-11(12)13(18)16-7-8-1-3-10(17)5-8/h2,4,6,8,10,17H,1,3,5,7,15H2,(H,16,18). The van der Waals surface area contributed by atoms with Crippen molar-refractivity contribution in [2.24, 2.45) is 5.92 Å². The molecule has 0 aromatic heterocycles. The molecule has 5 heteroatoms. The lowest BCUT2D eigenvalue weighted by molar-refractivity contribution is 0.0945. The molecule has 2 unspecified atom stereocenters. The van der Waals surface area contributed by atoms with E-state index in [9.17, 15) is 9.90 Å². The zero-order chi connectivity index (χ0) is 13.1. The van der Waals surface area contributed by atoms with E-state index in [1.807, 2.05) is 0 Å². The van der Waals surface area contributed by atoms with Crippen LogP contribution in [0.5, 0.6) is 0 Å². The molecule has 0 bridgehead atoms. The largest absolute Gasteiger partial charge is 0.399 e. The molecule has 4 nitrogen and oxygen atoms in total. The minimum Gasteiger partial charge on any atom is -0.399 e. The van der Waals surface area contributed by atoms with Gasteiger partial charge in [0, 0.05) is 12.2 Å². The number of hydrogen-bond donors (Lipinski definition) is 3. The minimum absolute atomic E-state index is 0.193. The summed E-state index contributed by atoms with van der Waals surface area (Å²) in [5.41, 5.74) is 6.54. The van der Waals surface area contributed by atoms with Gasteiger partial charge in [0.25, 0.3) is 5.91 Å². The zero-order valence-electron chi connectivity index (χ0n) is 10.0. The Labute approximate surface area is 111 Å². The molecule has 1 aliphatic carbocycles. The lowest BCUT2D eigenvalue weighted by atomic mass is 10.1. The van der Waals surface area contributed by atoms with Crippen LogP contribution in [0.2, 0.25) is 5.02 Å². The summed E-state index contributed by atoms with van der Waals surface area (Å²) in [6, 6.07) is 4.84. The summed E-state index contributed by atoms with van der Waals surface area (Å²) < 4.78 is 0. The van der Waals surface area contributed by atoms with E-state index < -0.39 is 0 Å². The molecule has 2 atom stereocenters. The molecule has 18 heavy (non-hydrogen) atoms. The van der Waals surface area contributed by atoms with Crippen LogP contribution in [0.1, 0.15) is 29.6 Å².